The van der Waals surface area contributed by atoms with Crippen molar-refractivity contribution in [3.8, 4) is 0 Å². The van der Waals surface area contributed by atoms with Crippen LogP contribution in [0.3, 0.4) is 0 Å². The molecule has 0 amide bonds. The van der Waals surface area contributed by atoms with Gasteiger partial charge in [-0.05, 0) is 42.0 Å². The molecule has 0 fully saturated rings. The van der Waals surface area contributed by atoms with E-state index in [1.54, 1.807) is 12.1 Å². The second kappa shape index (κ2) is 6.03. The van der Waals surface area contributed by atoms with Gasteiger partial charge in [-0.1, -0.05) is 40.4 Å². The van der Waals surface area contributed by atoms with Crippen molar-refractivity contribution in [1.82, 2.24) is 2.94 Å². The van der Waals surface area contributed by atoms with Gasteiger partial charge in [0, 0.05) is 2.94 Å². The summed E-state index contributed by atoms with van der Waals surface area (Å²) in [5.74, 6) is 0. The maximum absolute atomic E-state index is 12.1. The third-order valence-electron chi connectivity index (χ3n) is 2.33. The van der Waals surface area contributed by atoms with Gasteiger partial charge in [-0.3, -0.25) is 4.55 Å². The molecule has 1 radical (unpaired) electrons. The van der Waals surface area contributed by atoms with Crippen molar-refractivity contribution in [2.24, 2.45) is 0 Å². The molecule has 1 unspecified atom stereocenters. The molecule has 0 saturated carbocycles. The zero-order valence-corrected chi connectivity index (χ0v) is 12.8. The van der Waals surface area contributed by atoms with Gasteiger partial charge in [0.15, 0.2) is 0 Å². The van der Waals surface area contributed by atoms with E-state index < -0.39 is 32.3 Å². The fourth-order valence-corrected chi connectivity index (χ4v) is 5.33. The lowest BCUT2D eigenvalue weighted by atomic mass is 10.2. The van der Waals surface area contributed by atoms with E-state index >= 15 is 0 Å². The molecule has 2 rings (SSSR count). The number of nitrogens with one attached hydrogen (secondary N) is 1. The SMILES string of the molecule is Cc1ccc(S([O])(O)N[I+]c2ccccc2)cc1. The zero-order chi connectivity index (χ0) is 13.0. The molecule has 0 spiro atoms. The molecule has 18 heavy (non-hydrogen) atoms. The number of hydrogen-bond acceptors (Lipinski definition) is 2. The normalized spacial score (nSPS) is 12.4. The number of hydrogen-bond donors (Lipinski definition) is 2. The van der Waals surface area contributed by atoms with Gasteiger partial charge >= 0.3 is 21.5 Å². The quantitative estimate of drug-likeness (QED) is 0.599. The van der Waals surface area contributed by atoms with Crippen LogP contribution in [0.25, 0.3) is 0 Å². The first-order chi connectivity index (χ1) is 8.58. The van der Waals surface area contributed by atoms with Crippen LogP contribution >= 0.6 is 10.8 Å². The molecule has 0 aliphatic carbocycles. The van der Waals surface area contributed by atoms with E-state index in [1.807, 2.05) is 49.4 Å². The minimum Gasteiger partial charge on any atom is -0.276 e. The topological polar surface area (TPSA) is 52.2 Å². The van der Waals surface area contributed by atoms with Gasteiger partial charge in [0.2, 0.25) is 3.57 Å². The van der Waals surface area contributed by atoms with Crippen LogP contribution in [0.15, 0.2) is 59.5 Å². The average Bonchev–Trinajstić information content (AvgIpc) is 2.38. The molecule has 95 valence electrons. The van der Waals surface area contributed by atoms with Crippen LogP contribution in [0, 0.1) is 10.5 Å². The first-order valence-corrected chi connectivity index (χ1v) is 9.04. The Balaban J connectivity index is 2.05. The van der Waals surface area contributed by atoms with Crippen molar-refractivity contribution in [2.75, 3.05) is 0 Å². The molecular weight excluding hydrogens is 361 g/mol. The lowest BCUT2D eigenvalue weighted by Crippen LogP contribution is -3.67. The monoisotopic (exact) mass is 375 g/mol. The smallest absolute Gasteiger partial charge is 0.276 e. The highest BCUT2D eigenvalue weighted by Crippen LogP contribution is 2.42. The van der Waals surface area contributed by atoms with Crippen molar-refractivity contribution in [3.63, 3.8) is 0 Å². The van der Waals surface area contributed by atoms with Gasteiger partial charge in [-0.15, -0.1) is 0 Å². The van der Waals surface area contributed by atoms with Crippen LogP contribution in [0.4, 0.5) is 0 Å². The minimum absolute atomic E-state index is 0.434. The molecule has 5 heteroatoms. The Hall–Kier alpha value is -0.600. The summed E-state index contributed by atoms with van der Waals surface area (Å²) in [7, 11) is -3.13. The molecule has 1 atom stereocenters. The Morgan fingerprint density at radius 2 is 1.67 bits per heavy atom. The summed E-state index contributed by atoms with van der Waals surface area (Å²) in [6.07, 6.45) is 0. The molecule has 0 aliphatic heterocycles. The number of aryl methyl sites for hydroxylation is 1. The molecule has 2 aromatic rings. The standard InChI is InChI=1S/C13H13INO2S/c1-11-7-9-13(10-8-11)18(16,17)15-14-12-5-3-2-4-6-12/h2-10,15H,1H3/p+1. The molecule has 0 aromatic heterocycles. The Morgan fingerprint density at radius 1 is 1.06 bits per heavy atom. The van der Waals surface area contributed by atoms with Gasteiger partial charge in [0.25, 0.3) is 0 Å². The Bertz CT molecular complexity index is 502. The fourth-order valence-electron chi connectivity index (χ4n) is 1.34. The molecular formula is C13H14INO2S+. The highest BCUT2D eigenvalue weighted by Gasteiger charge is 2.26. The van der Waals surface area contributed by atoms with Crippen LogP contribution < -0.4 is 24.4 Å². The largest absolute Gasteiger partial charge is 0.451 e. The van der Waals surface area contributed by atoms with E-state index in [-0.39, 0.29) is 0 Å². The van der Waals surface area contributed by atoms with Crippen molar-refractivity contribution >= 4 is 10.8 Å². The van der Waals surface area contributed by atoms with Gasteiger partial charge in [0.05, 0.1) is 4.90 Å². The van der Waals surface area contributed by atoms with Crippen molar-refractivity contribution < 1.29 is 30.6 Å². The lowest BCUT2D eigenvalue weighted by Gasteiger charge is -2.23. The van der Waals surface area contributed by atoms with E-state index in [4.69, 9.17) is 0 Å². The molecule has 0 heterocycles. The van der Waals surface area contributed by atoms with Crippen LogP contribution in [0.1, 0.15) is 5.56 Å². The molecule has 0 aliphatic rings. The molecule has 0 bridgehead atoms. The molecule has 2 N–H and O–H groups in total. The number of halogens is 1. The zero-order valence-electron chi connectivity index (χ0n) is 9.84. The van der Waals surface area contributed by atoms with Gasteiger partial charge in [-0.2, -0.15) is 0 Å². The second-order valence-corrected chi connectivity index (χ2v) is 8.59. The number of benzene rings is 2. The Kier molecular flexibility index (Phi) is 4.63. The summed E-state index contributed by atoms with van der Waals surface area (Å²) in [5.41, 5.74) is 1.08. The first-order valence-electron chi connectivity index (χ1n) is 5.37. The van der Waals surface area contributed by atoms with E-state index in [1.165, 1.54) is 0 Å². The molecule has 2 aromatic carbocycles. The summed E-state index contributed by atoms with van der Waals surface area (Å²) in [5, 5.41) is 0. The van der Waals surface area contributed by atoms with E-state index in [9.17, 15) is 9.11 Å². The predicted octanol–water partition coefficient (Wildman–Crippen LogP) is 0.355. The van der Waals surface area contributed by atoms with Gasteiger partial charge in [0.1, 0.15) is 0 Å². The third kappa shape index (κ3) is 3.69. The predicted molar refractivity (Wildman–Crippen MR) is 68.6 cm³/mol. The Labute approximate surface area is 119 Å². The summed E-state index contributed by atoms with van der Waals surface area (Å²) in [4.78, 5) is 0.434. The summed E-state index contributed by atoms with van der Waals surface area (Å²) in [6.45, 7) is 1.95. The van der Waals surface area contributed by atoms with Crippen molar-refractivity contribution in [3.05, 3.63) is 63.7 Å². The Morgan fingerprint density at radius 3 is 2.28 bits per heavy atom. The van der Waals surface area contributed by atoms with Gasteiger partial charge in [-0.25, -0.2) is 0 Å². The highest BCUT2D eigenvalue weighted by molar-refractivity contribution is 8.22. The fraction of sp³-hybridized carbons (Fsp3) is 0.0769. The molecule has 3 nitrogen and oxygen atoms in total. The van der Waals surface area contributed by atoms with Crippen LogP contribution in [0.5, 0.6) is 0 Å². The van der Waals surface area contributed by atoms with Crippen LogP contribution in [-0.4, -0.2) is 4.55 Å². The van der Waals surface area contributed by atoms with Crippen molar-refractivity contribution in [2.45, 2.75) is 11.8 Å². The van der Waals surface area contributed by atoms with Gasteiger partial charge < -0.3 is 0 Å². The summed E-state index contributed by atoms with van der Waals surface area (Å²) >= 11 is -0.672. The van der Waals surface area contributed by atoms with E-state index in [0.29, 0.717) is 4.90 Å². The second-order valence-electron chi connectivity index (χ2n) is 3.81. The van der Waals surface area contributed by atoms with Crippen molar-refractivity contribution in [1.29, 1.82) is 0 Å². The first kappa shape index (κ1) is 13.8. The molecule has 0 saturated heterocycles. The van der Waals surface area contributed by atoms with E-state index in [2.05, 4.69) is 2.94 Å². The average molecular weight is 375 g/mol. The lowest BCUT2D eigenvalue weighted by molar-refractivity contribution is -0.665. The highest BCUT2D eigenvalue weighted by atomic mass is 127. The van der Waals surface area contributed by atoms with E-state index in [0.717, 1.165) is 9.13 Å². The maximum Gasteiger partial charge on any atom is 0.451 e. The van der Waals surface area contributed by atoms with Crippen LogP contribution in [0.2, 0.25) is 0 Å². The number of rotatable bonds is 4. The maximum atomic E-state index is 12.1. The minimum atomic E-state index is -3.13. The van der Waals surface area contributed by atoms with Crippen LogP contribution in [-0.2, 0) is 4.55 Å². The summed E-state index contributed by atoms with van der Waals surface area (Å²) in [6, 6.07) is 16.8. The summed E-state index contributed by atoms with van der Waals surface area (Å²) < 4.78 is 26.0. The third-order valence-corrected chi connectivity index (χ3v) is 7.32.